The highest BCUT2D eigenvalue weighted by atomic mass is 16.3. The molecule has 2 rings (SSSR count). The fourth-order valence-corrected chi connectivity index (χ4v) is 1.68. The number of β-amino-alcohol motifs (C(OH)–C–C–N with tert-alkyl or cyclic N) is 1. The van der Waals surface area contributed by atoms with Gasteiger partial charge in [-0.25, -0.2) is 4.98 Å². The number of aromatic nitrogens is 1. The molecule has 1 aromatic heterocycles. The van der Waals surface area contributed by atoms with E-state index in [1.165, 1.54) is 0 Å². The zero-order valence-corrected chi connectivity index (χ0v) is 7.72. The van der Waals surface area contributed by atoms with Crippen LogP contribution in [-0.4, -0.2) is 29.3 Å². The molecule has 0 spiro atoms. The highest BCUT2D eigenvalue weighted by molar-refractivity contribution is 5.39. The third kappa shape index (κ3) is 1.65. The van der Waals surface area contributed by atoms with Crippen LogP contribution in [0.1, 0.15) is 6.92 Å². The lowest BCUT2D eigenvalue weighted by Crippen LogP contribution is -2.21. The van der Waals surface area contributed by atoms with Crippen molar-refractivity contribution in [3.8, 4) is 0 Å². The van der Waals surface area contributed by atoms with E-state index in [1.54, 1.807) is 6.20 Å². The van der Waals surface area contributed by atoms with Crippen LogP contribution in [0.4, 0.5) is 5.82 Å². The lowest BCUT2D eigenvalue weighted by molar-refractivity contribution is 0.157. The Bertz CT molecular complexity index is 266. The zero-order valence-electron chi connectivity index (χ0n) is 7.72. The number of aliphatic hydroxyl groups is 1. The van der Waals surface area contributed by atoms with Crippen molar-refractivity contribution in [2.24, 2.45) is 5.92 Å². The molecule has 1 aliphatic rings. The van der Waals surface area contributed by atoms with E-state index in [0.29, 0.717) is 12.5 Å². The number of pyridine rings is 1. The van der Waals surface area contributed by atoms with Gasteiger partial charge in [0, 0.05) is 25.2 Å². The molecule has 1 aromatic rings. The van der Waals surface area contributed by atoms with Crippen molar-refractivity contribution in [2.45, 2.75) is 13.0 Å². The van der Waals surface area contributed by atoms with Gasteiger partial charge < -0.3 is 10.0 Å². The third-order valence-corrected chi connectivity index (χ3v) is 2.55. The Labute approximate surface area is 78.0 Å². The summed E-state index contributed by atoms with van der Waals surface area (Å²) in [7, 11) is 0. The van der Waals surface area contributed by atoms with Crippen molar-refractivity contribution in [1.29, 1.82) is 0 Å². The normalized spacial score (nSPS) is 28.0. The average molecular weight is 178 g/mol. The van der Waals surface area contributed by atoms with Crippen LogP contribution in [0.15, 0.2) is 24.4 Å². The predicted octanol–water partition coefficient (Wildman–Crippen LogP) is 0.899. The molecule has 1 saturated heterocycles. The first-order chi connectivity index (χ1) is 6.27. The topological polar surface area (TPSA) is 36.4 Å². The fourth-order valence-electron chi connectivity index (χ4n) is 1.68. The predicted molar refractivity (Wildman–Crippen MR) is 51.6 cm³/mol. The van der Waals surface area contributed by atoms with E-state index in [2.05, 4.69) is 16.8 Å². The minimum absolute atomic E-state index is 0.206. The van der Waals surface area contributed by atoms with Gasteiger partial charge >= 0.3 is 0 Å². The lowest BCUT2D eigenvalue weighted by Gasteiger charge is -2.15. The molecule has 0 amide bonds. The van der Waals surface area contributed by atoms with Crippen LogP contribution in [0, 0.1) is 5.92 Å². The maximum absolute atomic E-state index is 9.56. The monoisotopic (exact) mass is 178 g/mol. The summed E-state index contributed by atoms with van der Waals surface area (Å²) in [6.45, 7) is 3.67. The molecule has 0 saturated carbocycles. The smallest absolute Gasteiger partial charge is 0.128 e. The van der Waals surface area contributed by atoms with Crippen LogP contribution in [0.25, 0.3) is 0 Å². The molecule has 3 nitrogen and oxygen atoms in total. The molecule has 70 valence electrons. The second kappa shape index (κ2) is 3.34. The second-order valence-corrected chi connectivity index (χ2v) is 3.64. The Balaban J connectivity index is 2.12. The molecule has 1 fully saturated rings. The molecule has 0 aromatic carbocycles. The van der Waals surface area contributed by atoms with E-state index in [0.717, 1.165) is 12.4 Å². The molecule has 0 unspecified atom stereocenters. The minimum atomic E-state index is -0.206. The largest absolute Gasteiger partial charge is 0.391 e. The first-order valence-electron chi connectivity index (χ1n) is 4.61. The molecule has 2 atom stereocenters. The third-order valence-electron chi connectivity index (χ3n) is 2.55. The van der Waals surface area contributed by atoms with Gasteiger partial charge in [0.2, 0.25) is 0 Å². The van der Waals surface area contributed by atoms with Crippen LogP contribution in [0.3, 0.4) is 0 Å². The van der Waals surface area contributed by atoms with Crippen molar-refractivity contribution in [2.75, 3.05) is 18.0 Å². The molecular weight excluding hydrogens is 164 g/mol. The van der Waals surface area contributed by atoms with Crippen molar-refractivity contribution >= 4 is 5.82 Å². The van der Waals surface area contributed by atoms with Crippen LogP contribution in [0.5, 0.6) is 0 Å². The highest BCUT2D eigenvalue weighted by Gasteiger charge is 2.28. The summed E-state index contributed by atoms with van der Waals surface area (Å²) < 4.78 is 0. The SMILES string of the molecule is C[C@@H]1CN(c2ccccn2)C[C@@H]1O. The van der Waals surface area contributed by atoms with E-state index in [-0.39, 0.29) is 6.10 Å². The fraction of sp³-hybridized carbons (Fsp3) is 0.500. The number of anilines is 1. The number of hydrogen-bond acceptors (Lipinski definition) is 3. The quantitative estimate of drug-likeness (QED) is 0.694. The van der Waals surface area contributed by atoms with Gasteiger partial charge in [-0.3, -0.25) is 0 Å². The molecule has 13 heavy (non-hydrogen) atoms. The van der Waals surface area contributed by atoms with E-state index in [4.69, 9.17) is 0 Å². The molecule has 0 aliphatic carbocycles. The molecule has 1 N–H and O–H groups in total. The molecule has 2 heterocycles. The van der Waals surface area contributed by atoms with E-state index >= 15 is 0 Å². The van der Waals surface area contributed by atoms with Crippen molar-refractivity contribution in [3.63, 3.8) is 0 Å². The summed E-state index contributed by atoms with van der Waals surface area (Å²) in [4.78, 5) is 6.36. The van der Waals surface area contributed by atoms with Crippen LogP contribution >= 0.6 is 0 Å². The molecular formula is C10H14N2O. The molecule has 0 bridgehead atoms. The number of hydrogen-bond donors (Lipinski definition) is 1. The summed E-state index contributed by atoms with van der Waals surface area (Å²) in [5.74, 6) is 1.31. The van der Waals surface area contributed by atoms with E-state index in [9.17, 15) is 5.11 Å². The van der Waals surface area contributed by atoms with Crippen LogP contribution < -0.4 is 4.90 Å². The van der Waals surface area contributed by atoms with Gasteiger partial charge in [-0.1, -0.05) is 13.0 Å². The first kappa shape index (κ1) is 8.51. The van der Waals surface area contributed by atoms with Crippen molar-refractivity contribution in [3.05, 3.63) is 24.4 Å². The summed E-state index contributed by atoms with van der Waals surface area (Å²) >= 11 is 0. The van der Waals surface area contributed by atoms with Gasteiger partial charge in [0.05, 0.1) is 6.10 Å². The van der Waals surface area contributed by atoms with Crippen LogP contribution in [-0.2, 0) is 0 Å². The molecule has 1 aliphatic heterocycles. The van der Waals surface area contributed by atoms with E-state index < -0.39 is 0 Å². The van der Waals surface area contributed by atoms with Crippen molar-refractivity contribution in [1.82, 2.24) is 4.98 Å². The average Bonchev–Trinajstić information content (AvgIpc) is 2.49. The maximum Gasteiger partial charge on any atom is 0.128 e. The Morgan fingerprint density at radius 2 is 2.31 bits per heavy atom. The maximum atomic E-state index is 9.56. The van der Waals surface area contributed by atoms with E-state index in [1.807, 2.05) is 18.2 Å². The van der Waals surface area contributed by atoms with Gasteiger partial charge in [-0.05, 0) is 12.1 Å². The Morgan fingerprint density at radius 1 is 1.46 bits per heavy atom. The van der Waals surface area contributed by atoms with Gasteiger partial charge in [-0.15, -0.1) is 0 Å². The summed E-state index contributed by atoms with van der Waals surface area (Å²) in [6.07, 6.45) is 1.58. The summed E-state index contributed by atoms with van der Waals surface area (Å²) in [5, 5.41) is 9.56. The lowest BCUT2D eigenvalue weighted by atomic mass is 10.1. The van der Waals surface area contributed by atoms with Gasteiger partial charge in [0.25, 0.3) is 0 Å². The van der Waals surface area contributed by atoms with Crippen molar-refractivity contribution < 1.29 is 5.11 Å². The highest BCUT2D eigenvalue weighted by Crippen LogP contribution is 2.21. The van der Waals surface area contributed by atoms with Gasteiger partial charge in [0.15, 0.2) is 0 Å². The Hall–Kier alpha value is -1.09. The number of aliphatic hydroxyl groups excluding tert-OH is 1. The Morgan fingerprint density at radius 3 is 2.85 bits per heavy atom. The Kier molecular flexibility index (Phi) is 2.19. The summed E-state index contributed by atoms with van der Waals surface area (Å²) in [5.41, 5.74) is 0. The van der Waals surface area contributed by atoms with Crippen LogP contribution in [0.2, 0.25) is 0 Å². The first-order valence-corrected chi connectivity index (χ1v) is 4.61. The number of rotatable bonds is 1. The van der Waals surface area contributed by atoms with Gasteiger partial charge in [-0.2, -0.15) is 0 Å². The minimum Gasteiger partial charge on any atom is -0.391 e. The second-order valence-electron chi connectivity index (χ2n) is 3.64. The summed E-state index contributed by atoms with van der Waals surface area (Å²) in [6, 6.07) is 5.85. The molecule has 0 radical (unpaired) electrons. The standard InChI is InChI=1S/C10H14N2O/c1-8-6-12(7-9(8)13)10-4-2-3-5-11-10/h2-5,8-9,13H,6-7H2,1H3/t8-,9+/m1/s1. The zero-order chi connectivity index (χ0) is 9.26. The molecule has 3 heteroatoms. The number of nitrogens with zero attached hydrogens (tertiary/aromatic N) is 2. The van der Waals surface area contributed by atoms with Gasteiger partial charge in [0.1, 0.15) is 5.82 Å².